The zero-order chi connectivity index (χ0) is 25.8. The molecule has 0 saturated carbocycles. The number of carboxylic acids is 2. The number of carbonyl (C=O) groups is 2. The van der Waals surface area contributed by atoms with E-state index in [2.05, 4.69) is 19.6 Å². The van der Waals surface area contributed by atoms with Crippen LogP contribution in [0.1, 0.15) is 17.5 Å². The number of H-pyrrole nitrogens is 1. The van der Waals surface area contributed by atoms with Gasteiger partial charge in [0.05, 0.1) is 17.6 Å². The standard InChI is InChI=1S/C20H19F4N3O2.C2H2O4/c1-27-9-12(10-27)11-28-18(19-25-16-4-2-3-5-17(16)26-19)14-8-13(6-7-15(14)21)29-20(22,23)24;3-1(4)2(5)6/h2-8,12,18H,9-11H2,1H3,(H,25,26);(H,3,4)(H,5,6). The molecular formula is C22H21F4N3O6. The zero-order valence-electron chi connectivity index (χ0n) is 18.3. The fourth-order valence-electron chi connectivity index (χ4n) is 3.50. The van der Waals surface area contributed by atoms with Crippen molar-refractivity contribution in [2.75, 3.05) is 26.7 Å². The van der Waals surface area contributed by atoms with Crippen LogP contribution >= 0.6 is 0 Å². The number of hydrogen-bond donors (Lipinski definition) is 3. The van der Waals surface area contributed by atoms with E-state index in [1.807, 2.05) is 25.2 Å². The number of aromatic nitrogens is 2. The largest absolute Gasteiger partial charge is 0.573 e. The summed E-state index contributed by atoms with van der Waals surface area (Å²) in [6.07, 6.45) is -5.87. The third kappa shape index (κ3) is 7.13. The summed E-state index contributed by atoms with van der Waals surface area (Å²) in [6.45, 7) is 2.01. The molecule has 1 fully saturated rings. The summed E-state index contributed by atoms with van der Waals surface area (Å²) in [5.74, 6) is -4.27. The minimum atomic E-state index is -4.87. The van der Waals surface area contributed by atoms with Gasteiger partial charge in [-0.2, -0.15) is 0 Å². The highest BCUT2D eigenvalue weighted by molar-refractivity contribution is 6.27. The van der Waals surface area contributed by atoms with Crippen LogP contribution in [-0.4, -0.2) is 70.1 Å². The van der Waals surface area contributed by atoms with Gasteiger partial charge in [0.25, 0.3) is 0 Å². The SMILES string of the molecule is CN1CC(COC(c2nc3ccccc3[nH]2)c2cc(OC(F)(F)F)ccc2F)C1.O=C(O)C(=O)O. The summed E-state index contributed by atoms with van der Waals surface area (Å²) < 4.78 is 62.4. The second kappa shape index (κ2) is 10.7. The van der Waals surface area contributed by atoms with Gasteiger partial charge in [-0.25, -0.2) is 19.0 Å². The smallest absolute Gasteiger partial charge is 0.473 e. The van der Waals surface area contributed by atoms with E-state index < -0.39 is 36.0 Å². The van der Waals surface area contributed by atoms with Crippen molar-refractivity contribution in [2.45, 2.75) is 12.5 Å². The van der Waals surface area contributed by atoms with E-state index in [-0.39, 0.29) is 11.5 Å². The van der Waals surface area contributed by atoms with Crippen molar-refractivity contribution in [3.8, 4) is 5.75 Å². The van der Waals surface area contributed by atoms with Crippen LogP contribution in [0.15, 0.2) is 42.5 Å². The lowest BCUT2D eigenvalue weighted by atomic mass is 10.0. The van der Waals surface area contributed by atoms with Crippen LogP contribution in [0.3, 0.4) is 0 Å². The fourth-order valence-corrected chi connectivity index (χ4v) is 3.50. The molecule has 188 valence electrons. The molecule has 13 heteroatoms. The van der Waals surface area contributed by atoms with Gasteiger partial charge in [-0.15, -0.1) is 13.2 Å². The first-order valence-electron chi connectivity index (χ1n) is 10.2. The predicted molar refractivity (Wildman–Crippen MR) is 113 cm³/mol. The Morgan fingerprint density at radius 2 is 1.83 bits per heavy atom. The number of imidazole rings is 1. The summed E-state index contributed by atoms with van der Waals surface area (Å²) >= 11 is 0. The van der Waals surface area contributed by atoms with Gasteiger partial charge in [-0.1, -0.05) is 12.1 Å². The van der Waals surface area contributed by atoms with Crippen molar-refractivity contribution >= 4 is 23.0 Å². The minimum absolute atomic E-state index is 0.0708. The normalized spacial score (nSPS) is 15.1. The van der Waals surface area contributed by atoms with Crippen LogP contribution in [0.4, 0.5) is 17.6 Å². The molecule has 1 saturated heterocycles. The molecule has 9 nitrogen and oxygen atoms in total. The number of halogens is 4. The summed E-state index contributed by atoms with van der Waals surface area (Å²) in [5.41, 5.74) is 1.31. The third-order valence-corrected chi connectivity index (χ3v) is 4.96. The van der Waals surface area contributed by atoms with Gasteiger partial charge >= 0.3 is 18.3 Å². The predicted octanol–water partition coefficient (Wildman–Crippen LogP) is 3.42. The molecule has 1 unspecified atom stereocenters. The maximum absolute atomic E-state index is 14.6. The average molecular weight is 499 g/mol. The van der Waals surface area contributed by atoms with E-state index in [0.29, 0.717) is 17.9 Å². The first-order valence-corrected chi connectivity index (χ1v) is 10.2. The number of benzene rings is 2. The molecule has 3 aromatic rings. The molecule has 1 atom stereocenters. The van der Waals surface area contributed by atoms with Gasteiger partial charge in [0, 0.05) is 24.6 Å². The second-order valence-corrected chi connectivity index (χ2v) is 7.78. The molecule has 1 aliphatic heterocycles. The first kappa shape index (κ1) is 25.9. The van der Waals surface area contributed by atoms with Crippen molar-refractivity contribution in [3.63, 3.8) is 0 Å². The first-order chi connectivity index (χ1) is 16.4. The van der Waals surface area contributed by atoms with Gasteiger partial charge in [0.2, 0.25) is 0 Å². The van der Waals surface area contributed by atoms with Crippen LogP contribution in [0.5, 0.6) is 5.75 Å². The molecule has 1 aliphatic rings. The van der Waals surface area contributed by atoms with Gasteiger partial charge in [-0.3, -0.25) is 0 Å². The van der Waals surface area contributed by atoms with Gasteiger partial charge in [-0.05, 0) is 37.4 Å². The highest BCUT2D eigenvalue weighted by atomic mass is 19.4. The van der Waals surface area contributed by atoms with Gasteiger partial charge in [0.1, 0.15) is 23.5 Å². The monoisotopic (exact) mass is 499 g/mol. The molecular weight excluding hydrogens is 478 g/mol. The number of alkyl halides is 3. The van der Waals surface area contributed by atoms with E-state index in [1.54, 1.807) is 6.07 Å². The van der Waals surface area contributed by atoms with E-state index >= 15 is 0 Å². The summed E-state index contributed by atoms with van der Waals surface area (Å²) in [6, 6.07) is 10.1. The molecule has 1 aromatic heterocycles. The number of para-hydroxylation sites is 2. The molecule has 0 radical (unpaired) electrons. The molecule has 2 heterocycles. The third-order valence-electron chi connectivity index (χ3n) is 4.96. The minimum Gasteiger partial charge on any atom is -0.473 e. The van der Waals surface area contributed by atoms with Crippen LogP contribution in [-0.2, 0) is 14.3 Å². The lowest BCUT2D eigenvalue weighted by Gasteiger charge is -2.36. The van der Waals surface area contributed by atoms with E-state index in [4.69, 9.17) is 24.5 Å². The number of aromatic amines is 1. The number of rotatable bonds is 6. The van der Waals surface area contributed by atoms with Crippen molar-refractivity contribution < 1.29 is 46.8 Å². The number of nitrogens with one attached hydrogen (secondary N) is 1. The number of ether oxygens (including phenoxy) is 2. The Morgan fingerprint density at radius 3 is 2.40 bits per heavy atom. The lowest BCUT2D eigenvalue weighted by Crippen LogP contribution is -2.46. The highest BCUT2D eigenvalue weighted by Gasteiger charge is 2.33. The molecule has 0 amide bonds. The number of nitrogens with zero attached hydrogens (tertiary/aromatic N) is 2. The number of fused-ring (bicyclic) bond motifs is 1. The van der Waals surface area contributed by atoms with Gasteiger partial charge in [0.15, 0.2) is 0 Å². The lowest BCUT2D eigenvalue weighted by molar-refractivity contribution is -0.274. The second-order valence-electron chi connectivity index (χ2n) is 7.78. The molecule has 2 aromatic carbocycles. The fraction of sp³-hybridized carbons (Fsp3) is 0.318. The Hall–Kier alpha value is -3.71. The Labute approximate surface area is 195 Å². The maximum atomic E-state index is 14.6. The number of likely N-dealkylation sites (tertiary alicyclic amines) is 1. The van der Waals surface area contributed by atoms with Crippen LogP contribution < -0.4 is 4.74 Å². The van der Waals surface area contributed by atoms with Crippen molar-refractivity contribution in [1.29, 1.82) is 0 Å². The number of aliphatic carboxylic acids is 2. The Kier molecular flexibility index (Phi) is 7.92. The molecule has 4 rings (SSSR count). The summed E-state index contributed by atoms with van der Waals surface area (Å²) in [5, 5.41) is 14.8. The van der Waals surface area contributed by atoms with Crippen molar-refractivity contribution in [3.05, 3.63) is 59.7 Å². The van der Waals surface area contributed by atoms with Crippen molar-refractivity contribution in [2.24, 2.45) is 5.92 Å². The molecule has 0 aliphatic carbocycles. The van der Waals surface area contributed by atoms with Crippen molar-refractivity contribution in [1.82, 2.24) is 14.9 Å². The van der Waals surface area contributed by atoms with E-state index in [9.17, 15) is 17.6 Å². The van der Waals surface area contributed by atoms with Crippen LogP contribution in [0, 0.1) is 11.7 Å². The van der Waals surface area contributed by atoms with Gasteiger partial charge < -0.3 is 29.6 Å². The summed E-state index contributed by atoms with van der Waals surface area (Å²) in [7, 11) is 1.98. The quantitative estimate of drug-likeness (QED) is 0.348. The Bertz CT molecular complexity index is 1150. The molecule has 0 spiro atoms. The average Bonchev–Trinajstić information content (AvgIpc) is 3.17. The topological polar surface area (TPSA) is 125 Å². The molecule has 3 N–H and O–H groups in total. The molecule has 0 bridgehead atoms. The number of hydrogen-bond acceptors (Lipinski definition) is 6. The zero-order valence-corrected chi connectivity index (χ0v) is 18.3. The summed E-state index contributed by atoms with van der Waals surface area (Å²) in [4.78, 5) is 27.8. The van der Waals surface area contributed by atoms with Crippen LogP contribution in [0.2, 0.25) is 0 Å². The Morgan fingerprint density at radius 1 is 1.17 bits per heavy atom. The van der Waals surface area contributed by atoms with Crippen LogP contribution in [0.25, 0.3) is 11.0 Å². The van der Waals surface area contributed by atoms with E-state index in [1.165, 1.54) is 0 Å². The molecule has 35 heavy (non-hydrogen) atoms. The Balaban J connectivity index is 0.000000509. The maximum Gasteiger partial charge on any atom is 0.573 e. The van der Waals surface area contributed by atoms with E-state index in [0.717, 1.165) is 36.8 Å². The highest BCUT2D eigenvalue weighted by Crippen LogP contribution is 2.33. The number of carboxylic acid groups (broad SMARTS) is 2.